The molecule has 170 valence electrons. The quantitative estimate of drug-likeness (QED) is 0.601. The van der Waals surface area contributed by atoms with Crippen molar-refractivity contribution in [3.05, 3.63) is 44.2 Å². The van der Waals surface area contributed by atoms with E-state index < -0.39 is 22.8 Å². The average Bonchev–Trinajstić information content (AvgIpc) is 2.97. The van der Waals surface area contributed by atoms with E-state index in [9.17, 15) is 19.5 Å². The van der Waals surface area contributed by atoms with Crippen LogP contribution in [0.2, 0.25) is 0 Å². The Hall–Kier alpha value is -2.23. The standard InChI is InChI=1S/C21H29ClN4O5/c1-31-11-10-25-18(27)13-24-26(20(25)29)15-6-7-17(22)16(12-15)19(28)23-14-21(30)8-4-2-3-5-9-21/h6-7,13,16,30H,2-5,8-12,14H2,1H3,(H,23,28). The number of ether oxygens (including phenoxy) is 1. The first-order valence-electron chi connectivity index (χ1n) is 10.6. The van der Waals surface area contributed by atoms with Gasteiger partial charge >= 0.3 is 5.69 Å². The molecular weight excluding hydrogens is 424 g/mol. The van der Waals surface area contributed by atoms with Crippen molar-refractivity contribution in [2.24, 2.45) is 5.92 Å². The molecule has 9 nitrogen and oxygen atoms in total. The Kier molecular flexibility index (Phi) is 7.85. The highest BCUT2D eigenvalue weighted by atomic mass is 35.5. The fourth-order valence-electron chi connectivity index (χ4n) is 4.00. The maximum absolute atomic E-state index is 12.8. The van der Waals surface area contributed by atoms with Crippen LogP contribution < -0.4 is 16.6 Å². The highest BCUT2D eigenvalue weighted by Gasteiger charge is 2.32. The van der Waals surface area contributed by atoms with Crippen molar-refractivity contribution in [2.75, 3.05) is 20.3 Å². The van der Waals surface area contributed by atoms with Crippen LogP contribution in [-0.2, 0) is 16.1 Å². The number of hydrogen-bond acceptors (Lipinski definition) is 6. The molecule has 1 atom stereocenters. The number of hydrogen-bond donors (Lipinski definition) is 2. The van der Waals surface area contributed by atoms with Crippen molar-refractivity contribution in [2.45, 2.75) is 57.1 Å². The molecule has 2 aliphatic carbocycles. The Morgan fingerprint density at radius 1 is 1.29 bits per heavy atom. The maximum Gasteiger partial charge on any atom is 0.351 e. The monoisotopic (exact) mass is 452 g/mol. The van der Waals surface area contributed by atoms with Crippen molar-refractivity contribution in [3.63, 3.8) is 0 Å². The lowest BCUT2D eigenvalue weighted by Gasteiger charge is -2.28. The van der Waals surface area contributed by atoms with Crippen molar-refractivity contribution >= 4 is 23.2 Å². The van der Waals surface area contributed by atoms with Crippen molar-refractivity contribution in [3.8, 4) is 0 Å². The summed E-state index contributed by atoms with van der Waals surface area (Å²) in [6, 6.07) is 0. The molecule has 2 N–H and O–H groups in total. The van der Waals surface area contributed by atoms with E-state index in [1.54, 1.807) is 12.2 Å². The molecule has 2 aliphatic rings. The molecule has 1 aromatic heterocycles. The average molecular weight is 453 g/mol. The van der Waals surface area contributed by atoms with Crippen LogP contribution in [0.25, 0.3) is 5.70 Å². The van der Waals surface area contributed by atoms with Gasteiger partial charge in [0.15, 0.2) is 0 Å². The topological polar surface area (TPSA) is 115 Å². The molecule has 0 saturated heterocycles. The van der Waals surface area contributed by atoms with Crippen LogP contribution in [0.4, 0.5) is 0 Å². The summed E-state index contributed by atoms with van der Waals surface area (Å²) >= 11 is 6.29. The number of nitrogens with one attached hydrogen (secondary N) is 1. The summed E-state index contributed by atoms with van der Waals surface area (Å²) in [6.07, 6.45) is 9.78. The first kappa shape index (κ1) is 23.4. The third-order valence-electron chi connectivity index (χ3n) is 5.88. The molecule has 3 rings (SSSR count). The molecule has 1 heterocycles. The second-order valence-electron chi connectivity index (χ2n) is 8.14. The van der Waals surface area contributed by atoms with Crippen LogP contribution in [0.15, 0.2) is 33.0 Å². The molecule has 0 spiro atoms. The van der Waals surface area contributed by atoms with Gasteiger partial charge in [0.25, 0.3) is 5.56 Å². The molecule has 0 aromatic carbocycles. The van der Waals surface area contributed by atoms with Gasteiger partial charge in [-0.15, -0.1) is 0 Å². The predicted octanol–water partition coefficient (Wildman–Crippen LogP) is 1.24. The fraction of sp³-hybridized carbons (Fsp3) is 0.619. The maximum atomic E-state index is 12.8. The molecule has 1 saturated carbocycles. The lowest BCUT2D eigenvalue weighted by Crippen LogP contribution is -2.45. The minimum atomic E-state index is -0.898. The van der Waals surface area contributed by atoms with Crippen LogP contribution in [-0.4, -0.2) is 51.2 Å². The van der Waals surface area contributed by atoms with Crippen LogP contribution >= 0.6 is 11.6 Å². The number of carbonyl (C=O) groups is 1. The second-order valence-corrected chi connectivity index (χ2v) is 8.58. The highest BCUT2D eigenvalue weighted by Crippen LogP contribution is 2.30. The van der Waals surface area contributed by atoms with Gasteiger partial charge < -0.3 is 15.2 Å². The van der Waals surface area contributed by atoms with E-state index >= 15 is 0 Å². The Balaban J connectivity index is 1.73. The summed E-state index contributed by atoms with van der Waals surface area (Å²) in [6.45, 7) is 0.479. The molecule has 0 radical (unpaired) electrons. The summed E-state index contributed by atoms with van der Waals surface area (Å²) < 4.78 is 7.10. The zero-order chi connectivity index (χ0) is 22.4. The number of aliphatic hydroxyl groups is 1. The molecule has 10 heteroatoms. The normalized spacial score (nSPS) is 21.1. The summed E-state index contributed by atoms with van der Waals surface area (Å²) in [7, 11) is 1.48. The Morgan fingerprint density at radius 2 is 2.00 bits per heavy atom. The minimum Gasteiger partial charge on any atom is -0.388 e. The molecule has 1 aromatic rings. The van der Waals surface area contributed by atoms with E-state index in [4.69, 9.17) is 16.3 Å². The number of aromatic nitrogens is 3. The molecule has 1 amide bonds. The Morgan fingerprint density at radius 3 is 2.68 bits per heavy atom. The first-order valence-corrected chi connectivity index (χ1v) is 11.0. The van der Waals surface area contributed by atoms with Gasteiger partial charge in [0.05, 0.1) is 24.7 Å². The van der Waals surface area contributed by atoms with Gasteiger partial charge in [0, 0.05) is 30.8 Å². The van der Waals surface area contributed by atoms with E-state index in [1.807, 2.05) is 0 Å². The number of nitrogens with zero attached hydrogens (tertiary/aromatic N) is 3. The van der Waals surface area contributed by atoms with Gasteiger partial charge in [-0.05, 0) is 25.0 Å². The van der Waals surface area contributed by atoms with Gasteiger partial charge in [0.2, 0.25) is 5.91 Å². The largest absolute Gasteiger partial charge is 0.388 e. The molecule has 0 bridgehead atoms. The molecule has 1 fully saturated rings. The van der Waals surface area contributed by atoms with Crippen molar-refractivity contribution in [1.29, 1.82) is 0 Å². The highest BCUT2D eigenvalue weighted by molar-refractivity contribution is 6.31. The number of carbonyl (C=O) groups excluding carboxylic acids is 1. The summed E-state index contributed by atoms with van der Waals surface area (Å²) in [5.41, 5.74) is -1.57. The van der Waals surface area contributed by atoms with Crippen LogP contribution in [0.3, 0.4) is 0 Å². The van der Waals surface area contributed by atoms with Crippen molar-refractivity contribution < 1.29 is 14.6 Å². The molecular formula is C21H29ClN4O5. The van der Waals surface area contributed by atoms with E-state index in [1.165, 1.54) is 7.11 Å². The third kappa shape index (κ3) is 5.72. The van der Waals surface area contributed by atoms with Gasteiger partial charge in [-0.3, -0.25) is 14.2 Å². The minimum absolute atomic E-state index is 0.100. The number of halogens is 1. The van der Waals surface area contributed by atoms with Gasteiger partial charge in [-0.25, -0.2) is 4.79 Å². The number of rotatable bonds is 7. The van der Waals surface area contributed by atoms with Gasteiger partial charge in [-0.1, -0.05) is 37.3 Å². The van der Waals surface area contributed by atoms with Gasteiger partial charge in [-0.2, -0.15) is 9.78 Å². The predicted molar refractivity (Wildman–Crippen MR) is 117 cm³/mol. The Bertz CT molecular complexity index is 973. The fourth-order valence-corrected chi connectivity index (χ4v) is 4.24. The summed E-state index contributed by atoms with van der Waals surface area (Å²) in [5.74, 6) is -1.02. The smallest absolute Gasteiger partial charge is 0.351 e. The second kappa shape index (κ2) is 10.4. The first-order chi connectivity index (χ1) is 14.8. The zero-order valence-electron chi connectivity index (χ0n) is 17.7. The third-order valence-corrected chi connectivity index (χ3v) is 6.27. The SMILES string of the molecule is COCCn1c(=O)cnn(C2=CC=C(Cl)C(C(=O)NCC3(O)CCCCCC3)C2)c1=O. The lowest BCUT2D eigenvalue weighted by molar-refractivity contribution is -0.125. The van der Waals surface area contributed by atoms with E-state index in [-0.39, 0.29) is 32.0 Å². The van der Waals surface area contributed by atoms with E-state index in [0.29, 0.717) is 23.6 Å². The van der Waals surface area contributed by atoms with E-state index in [0.717, 1.165) is 41.1 Å². The zero-order valence-corrected chi connectivity index (χ0v) is 18.4. The Labute approximate surface area is 185 Å². The lowest BCUT2D eigenvalue weighted by atomic mass is 9.93. The number of amides is 1. The summed E-state index contributed by atoms with van der Waals surface area (Å²) in [5, 5.41) is 17.9. The van der Waals surface area contributed by atoms with Crippen LogP contribution in [0, 0.1) is 5.92 Å². The van der Waals surface area contributed by atoms with Crippen LogP contribution in [0.1, 0.15) is 44.9 Å². The van der Waals surface area contributed by atoms with Crippen molar-refractivity contribution in [1.82, 2.24) is 19.7 Å². The summed E-state index contributed by atoms with van der Waals surface area (Å²) in [4.78, 5) is 37.6. The van der Waals surface area contributed by atoms with Gasteiger partial charge in [0.1, 0.15) is 6.20 Å². The molecule has 0 aliphatic heterocycles. The van der Waals surface area contributed by atoms with E-state index in [2.05, 4.69) is 10.4 Å². The number of allylic oxidation sites excluding steroid dienone is 3. The number of methoxy groups -OCH3 is 1. The molecule has 1 unspecified atom stereocenters. The van der Waals surface area contributed by atoms with Crippen LogP contribution in [0.5, 0.6) is 0 Å². The molecule has 31 heavy (non-hydrogen) atoms.